The lowest BCUT2D eigenvalue weighted by atomic mass is 9.97. The van der Waals surface area contributed by atoms with Gasteiger partial charge in [0.2, 0.25) is 5.76 Å². The van der Waals surface area contributed by atoms with Crippen LogP contribution in [-0.2, 0) is 14.3 Å². The zero-order valence-corrected chi connectivity index (χ0v) is 19.0. The summed E-state index contributed by atoms with van der Waals surface area (Å²) in [5.41, 5.74) is 2.63. The van der Waals surface area contributed by atoms with Crippen molar-refractivity contribution in [3.05, 3.63) is 83.6 Å². The molecule has 0 saturated carbocycles. The highest BCUT2D eigenvalue weighted by Gasteiger charge is 2.16. The molecule has 0 aliphatic rings. The fraction of sp³-hybridized carbons (Fsp3) is 0.333. The number of aliphatic carboxylic acids is 2. The van der Waals surface area contributed by atoms with Crippen LogP contribution in [0.4, 0.5) is 0 Å². The van der Waals surface area contributed by atoms with Crippen LogP contribution in [0.3, 0.4) is 0 Å². The van der Waals surface area contributed by atoms with Crippen molar-refractivity contribution >= 4 is 23.6 Å². The number of benzene rings is 2. The van der Waals surface area contributed by atoms with Crippen LogP contribution in [0.2, 0.25) is 0 Å². The lowest BCUT2D eigenvalue weighted by Crippen LogP contribution is -2.06. The van der Waals surface area contributed by atoms with Crippen LogP contribution in [-0.4, -0.2) is 29.3 Å². The van der Waals surface area contributed by atoms with E-state index in [1.807, 2.05) is 60.7 Å². The molecule has 0 spiro atoms. The van der Waals surface area contributed by atoms with Gasteiger partial charge in [0, 0.05) is 11.6 Å². The van der Waals surface area contributed by atoms with E-state index >= 15 is 0 Å². The van der Waals surface area contributed by atoms with Crippen LogP contribution in [0, 0.1) is 0 Å². The topological polar surface area (TPSA) is 83.8 Å². The molecule has 5 heteroatoms. The van der Waals surface area contributed by atoms with Gasteiger partial charge in [-0.25, -0.2) is 9.59 Å². The lowest BCUT2D eigenvalue weighted by Gasteiger charge is -2.12. The minimum absolute atomic E-state index is 0.0646. The first-order valence-electron chi connectivity index (χ1n) is 11.0. The van der Waals surface area contributed by atoms with E-state index in [0.717, 1.165) is 42.0 Å². The normalized spacial score (nSPS) is 11.3. The molecule has 2 N–H and O–H groups in total. The zero-order chi connectivity index (χ0) is 23.6. The Morgan fingerprint density at radius 1 is 0.844 bits per heavy atom. The van der Waals surface area contributed by atoms with Gasteiger partial charge < -0.3 is 14.9 Å². The SMILES string of the molecule is CCCCCCCCC(=C(OC)C(=O)O)c1ccccc1.O=C(O)C=Cc1ccccc1. The number of ether oxygens (including phenoxy) is 1. The van der Waals surface area contributed by atoms with Gasteiger partial charge in [-0.1, -0.05) is 99.7 Å². The second-order valence-corrected chi connectivity index (χ2v) is 7.28. The number of rotatable bonds is 12. The number of carbonyl (C=O) groups is 2. The zero-order valence-electron chi connectivity index (χ0n) is 19.0. The van der Waals surface area contributed by atoms with Crippen LogP contribution in [0.1, 0.15) is 63.0 Å². The largest absolute Gasteiger partial charge is 0.490 e. The second kappa shape index (κ2) is 16.4. The summed E-state index contributed by atoms with van der Waals surface area (Å²) in [7, 11) is 1.42. The smallest absolute Gasteiger partial charge is 0.371 e. The molecule has 0 bridgehead atoms. The first-order valence-corrected chi connectivity index (χ1v) is 11.0. The average molecular weight is 439 g/mol. The van der Waals surface area contributed by atoms with Crippen molar-refractivity contribution in [2.45, 2.75) is 51.9 Å². The molecule has 5 nitrogen and oxygen atoms in total. The van der Waals surface area contributed by atoms with Crippen LogP contribution in [0.5, 0.6) is 0 Å². The molecule has 0 saturated heterocycles. The molecule has 172 valence electrons. The van der Waals surface area contributed by atoms with Crippen molar-refractivity contribution in [2.24, 2.45) is 0 Å². The molecule has 2 aromatic rings. The molecule has 0 radical (unpaired) electrons. The number of hydrogen-bond donors (Lipinski definition) is 2. The van der Waals surface area contributed by atoms with Crippen molar-refractivity contribution in [3.63, 3.8) is 0 Å². The Bertz CT molecular complexity index is 854. The van der Waals surface area contributed by atoms with Gasteiger partial charge in [-0.15, -0.1) is 0 Å². The van der Waals surface area contributed by atoms with E-state index in [1.54, 1.807) is 6.08 Å². The van der Waals surface area contributed by atoms with Crippen molar-refractivity contribution in [1.29, 1.82) is 0 Å². The van der Waals surface area contributed by atoms with Crippen molar-refractivity contribution in [3.8, 4) is 0 Å². The molecule has 0 aromatic heterocycles. The van der Waals surface area contributed by atoms with Crippen LogP contribution >= 0.6 is 0 Å². The molecule has 32 heavy (non-hydrogen) atoms. The Morgan fingerprint density at radius 3 is 1.94 bits per heavy atom. The predicted octanol–water partition coefficient (Wildman–Crippen LogP) is 6.66. The third kappa shape index (κ3) is 11.2. The summed E-state index contributed by atoms with van der Waals surface area (Å²) >= 11 is 0. The molecule has 0 amide bonds. The summed E-state index contributed by atoms with van der Waals surface area (Å²) in [5.74, 6) is -1.86. The van der Waals surface area contributed by atoms with Gasteiger partial charge in [-0.2, -0.15) is 0 Å². The van der Waals surface area contributed by atoms with E-state index in [-0.39, 0.29) is 5.76 Å². The summed E-state index contributed by atoms with van der Waals surface area (Å²) < 4.78 is 5.10. The Morgan fingerprint density at radius 2 is 1.41 bits per heavy atom. The van der Waals surface area contributed by atoms with Crippen molar-refractivity contribution in [1.82, 2.24) is 0 Å². The molecular weight excluding hydrogens is 404 g/mol. The Hall–Kier alpha value is -3.34. The fourth-order valence-electron chi connectivity index (χ4n) is 3.18. The summed E-state index contributed by atoms with van der Waals surface area (Å²) in [6.45, 7) is 2.20. The quantitative estimate of drug-likeness (QED) is 0.220. The maximum absolute atomic E-state index is 11.3. The number of carboxylic acid groups (broad SMARTS) is 2. The molecular formula is C27H34O5. The van der Waals surface area contributed by atoms with E-state index in [2.05, 4.69) is 6.92 Å². The Kier molecular flexibility index (Phi) is 13.7. The number of hydrogen-bond acceptors (Lipinski definition) is 3. The van der Waals surface area contributed by atoms with Crippen LogP contribution in [0.15, 0.2) is 72.5 Å². The number of allylic oxidation sites excluding steroid dienone is 1. The highest BCUT2D eigenvalue weighted by atomic mass is 16.5. The Balaban J connectivity index is 0.000000389. The van der Waals surface area contributed by atoms with Crippen LogP contribution < -0.4 is 0 Å². The molecule has 0 aliphatic heterocycles. The van der Waals surface area contributed by atoms with Crippen molar-refractivity contribution < 1.29 is 24.5 Å². The average Bonchev–Trinajstić information content (AvgIpc) is 2.80. The number of methoxy groups -OCH3 is 1. The van der Waals surface area contributed by atoms with Gasteiger partial charge in [0.25, 0.3) is 0 Å². The van der Waals surface area contributed by atoms with E-state index in [9.17, 15) is 14.7 Å². The summed E-state index contributed by atoms with van der Waals surface area (Å²) in [6.07, 6.45) is 10.5. The van der Waals surface area contributed by atoms with Crippen molar-refractivity contribution in [2.75, 3.05) is 7.11 Å². The molecule has 0 heterocycles. The summed E-state index contributed by atoms with van der Waals surface area (Å²) in [6, 6.07) is 19.0. The lowest BCUT2D eigenvalue weighted by molar-refractivity contribution is -0.136. The highest BCUT2D eigenvalue weighted by Crippen LogP contribution is 2.26. The van der Waals surface area contributed by atoms with E-state index in [0.29, 0.717) is 0 Å². The van der Waals surface area contributed by atoms with Gasteiger partial charge in [0.1, 0.15) is 0 Å². The van der Waals surface area contributed by atoms with Gasteiger partial charge >= 0.3 is 11.9 Å². The molecule has 2 rings (SSSR count). The van der Waals surface area contributed by atoms with Gasteiger partial charge in [0.15, 0.2) is 0 Å². The first kappa shape index (κ1) is 26.7. The van der Waals surface area contributed by atoms with Gasteiger partial charge in [0.05, 0.1) is 7.11 Å². The number of unbranched alkanes of at least 4 members (excludes halogenated alkanes) is 5. The van der Waals surface area contributed by atoms with Crippen LogP contribution in [0.25, 0.3) is 11.6 Å². The maximum Gasteiger partial charge on any atom is 0.371 e. The second-order valence-electron chi connectivity index (χ2n) is 7.28. The molecule has 0 atom stereocenters. The summed E-state index contributed by atoms with van der Waals surface area (Å²) in [5, 5.41) is 17.6. The van der Waals surface area contributed by atoms with E-state index in [1.165, 1.54) is 32.8 Å². The monoisotopic (exact) mass is 438 g/mol. The molecule has 2 aromatic carbocycles. The minimum Gasteiger partial charge on any atom is -0.490 e. The molecule has 0 unspecified atom stereocenters. The number of carboxylic acids is 2. The Labute approximate surface area is 191 Å². The first-order chi connectivity index (χ1) is 15.5. The molecule has 0 aliphatic carbocycles. The fourth-order valence-corrected chi connectivity index (χ4v) is 3.18. The van der Waals surface area contributed by atoms with Gasteiger partial charge in [-0.3, -0.25) is 0 Å². The minimum atomic E-state index is -0.998. The maximum atomic E-state index is 11.3. The third-order valence-corrected chi connectivity index (χ3v) is 4.79. The van der Waals surface area contributed by atoms with E-state index < -0.39 is 11.9 Å². The highest BCUT2D eigenvalue weighted by molar-refractivity contribution is 5.94. The predicted molar refractivity (Wildman–Crippen MR) is 129 cm³/mol. The van der Waals surface area contributed by atoms with Gasteiger partial charge in [-0.05, 0) is 30.0 Å². The van der Waals surface area contributed by atoms with E-state index in [4.69, 9.17) is 9.84 Å². The molecule has 0 fully saturated rings. The third-order valence-electron chi connectivity index (χ3n) is 4.79. The summed E-state index contributed by atoms with van der Waals surface area (Å²) in [4.78, 5) is 21.4. The standard InChI is InChI=1S/C18H26O3.C9H8O2/c1-3-4-5-6-7-11-14-16(17(21-2)18(19)20)15-12-9-8-10-13-15;10-9(11)7-6-8-4-2-1-3-5-8/h8-10,12-13H,3-7,11,14H2,1-2H3,(H,19,20);1-7H,(H,10,11).